The third-order valence-corrected chi connectivity index (χ3v) is 4.45. The van der Waals surface area contributed by atoms with Gasteiger partial charge in [0.15, 0.2) is 0 Å². The highest BCUT2D eigenvalue weighted by molar-refractivity contribution is 9.10. The number of para-hydroxylation sites is 1. The van der Waals surface area contributed by atoms with Gasteiger partial charge in [-0.1, -0.05) is 18.2 Å². The fourth-order valence-corrected chi connectivity index (χ4v) is 3.32. The molecular weight excluding hydrogens is 352 g/mol. The zero-order valence-electron chi connectivity index (χ0n) is 9.68. The van der Waals surface area contributed by atoms with Crippen molar-refractivity contribution in [3.63, 3.8) is 0 Å². The van der Waals surface area contributed by atoms with E-state index in [0.717, 1.165) is 5.56 Å². The maximum atomic E-state index is 12.2. The van der Waals surface area contributed by atoms with Gasteiger partial charge in [-0.05, 0) is 33.6 Å². The minimum atomic E-state index is -3.67. The van der Waals surface area contributed by atoms with E-state index < -0.39 is 10.0 Å². The number of anilines is 1. The number of nitrogens with zero attached hydrogens (tertiary/aromatic N) is 1. The number of hydrogen-bond acceptors (Lipinski definition) is 3. The van der Waals surface area contributed by atoms with E-state index in [2.05, 4.69) is 25.6 Å². The molecule has 0 unspecified atom stereocenters. The molecule has 0 aliphatic carbocycles. The Kier molecular flexibility index (Phi) is 4.44. The zero-order valence-corrected chi connectivity index (χ0v) is 12.8. The first-order valence-electron chi connectivity index (χ1n) is 5.30. The Morgan fingerprint density at radius 3 is 2.68 bits per heavy atom. The first-order valence-corrected chi connectivity index (χ1v) is 8.11. The molecule has 7 heteroatoms. The summed E-state index contributed by atoms with van der Waals surface area (Å²) in [7, 11) is -3.67. The molecule has 0 fully saturated rings. The summed E-state index contributed by atoms with van der Waals surface area (Å²) in [5.74, 6) is 0.232. The van der Waals surface area contributed by atoms with Crippen LogP contribution >= 0.6 is 27.5 Å². The Bertz CT molecular complexity index is 692. The molecule has 1 aromatic heterocycles. The van der Waals surface area contributed by atoms with Crippen LogP contribution in [0.4, 0.5) is 5.69 Å². The van der Waals surface area contributed by atoms with Gasteiger partial charge in [0.1, 0.15) is 4.90 Å². The van der Waals surface area contributed by atoms with Crippen molar-refractivity contribution >= 4 is 43.2 Å². The molecule has 0 spiro atoms. The quantitative estimate of drug-likeness (QED) is 0.849. The Morgan fingerprint density at radius 1 is 1.26 bits per heavy atom. The first-order chi connectivity index (χ1) is 9.03. The van der Waals surface area contributed by atoms with Crippen LogP contribution in [0.15, 0.2) is 52.1 Å². The third-order valence-electron chi connectivity index (χ3n) is 2.40. The number of hydrogen-bond donors (Lipinski definition) is 1. The van der Waals surface area contributed by atoms with Crippen molar-refractivity contribution in [2.24, 2.45) is 0 Å². The number of alkyl halides is 1. The highest BCUT2D eigenvalue weighted by atomic mass is 79.9. The van der Waals surface area contributed by atoms with Gasteiger partial charge >= 0.3 is 0 Å². The highest BCUT2D eigenvalue weighted by Crippen LogP contribution is 2.22. The SMILES string of the molecule is O=S(=O)(Nc1ccccc1CCl)c1cncc(Br)c1. The molecule has 0 aliphatic heterocycles. The number of rotatable bonds is 4. The van der Waals surface area contributed by atoms with Crippen LogP contribution < -0.4 is 4.72 Å². The average Bonchev–Trinajstić information content (AvgIpc) is 2.39. The summed E-state index contributed by atoms with van der Waals surface area (Å²) in [5.41, 5.74) is 1.19. The van der Waals surface area contributed by atoms with E-state index in [0.29, 0.717) is 10.2 Å². The first kappa shape index (κ1) is 14.3. The highest BCUT2D eigenvalue weighted by Gasteiger charge is 2.16. The summed E-state index contributed by atoms with van der Waals surface area (Å²) in [5, 5.41) is 0. The van der Waals surface area contributed by atoms with E-state index in [4.69, 9.17) is 11.6 Å². The number of halogens is 2. The molecule has 0 amide bonds. The van der Waals surface area contributed by atoms with E-state index >= 15 is 0 Å². The van der Waals surface area contributed by atoms with Crippen LogP contribution in [0.2, 0.25) is 0 Å². The molecule has 0 saturated carbocycles. The number of pyridine rings is 1. The molecule has 0 bridgehead atoms. The predicted molar refractivity (Wildman–Crippen MR) is 78.7 cm³/mol. The lowest BCUT2D eigenvalue weighted by molar-refractivity contribution is 0.600. The Morgan fingerprint density at radius 2 is 2.00 bits per heavy atom. The molecule has 0 saturated heterocycles. The van der Waals surface area contributed by atoms with Crippen molar-refractivity contribution in [3.05, 3.63) is 52.8 Å². The lowest BCUT2D eigenvalue weighted by atomic mass is 10.2. The second-order valence-electron chi connectivity index (χ2n) is 3.74. The second-order valence-corrected chi connectivity index (χ2v) is 6.60. The van der Waals surface area contributed by atoms with Gasteiger partial charge in [0, 0.05) is 22.7 Å². The smallest absolute Gasteiger partial charge is 0.263 e. The lowest BCUT2D eigenvalue weighted by Gasteiger charge is -2.11. The van der Waals surface area contributed by atoms with Crippen molar-refractivity contribution in [2.75, 3.05) is 4.72 Å². The van der Waals surface area contributed by atoms with Crippen molar-refractivity contribution in [2.45, 2.75) is 10.8 Å². The van der Waals surface area contributed by atoms with Gasteiger partial charge in [0.25, 0.3) is 10.0 Å². The molecule has 1 aromatic carbocycles. The van der Waals surface area contributed by atoms with Crippen LogP contribution in [0.5, 0.6) is 0 Å². The number of nitrogens with one attached hydrogen (secondary N) is 1. The fraction of sp³-hybridized carbons (Fsp3) is 0.0833. The summed E-state index contributed by atoms with van der Waals surface area (Å²) in [4.78, 5) is 3.93. The Labute approximate surface area is 125 Å². The summed E-state index contributed by atoms with van der Waals surface area (Å²) < 4.78 is 27.5. The van der Waals surface area contributed by atoms with E-state index in [1.165, 1.54) is 18.5 Å². The molecule has 0 atom stereocenters. The Hall–Kier alpha value is -1.11. The summed E-state index contributed by atoms with van der Waals surface area (Å²) in [6.45, 7) is 0. The number of aromatic nitrogens is 1. The monoisotopic (exact) mass is 360 g/mol. The fourth-order valence-electron chi connectivity index (χ4n) is 1.48. The normalized spacial score (nSPS) is 11.3. The van der Waals surface area contributed by atoms with Crippen LogP contribution in [-0.2, 0) is 15.9 Å². The molecule has 19 heavy (non-hydrogen) atoms. The molecule has 2 rings (SSSR count). The van der Waals surface area contributed by atoms with Crippen LogP contribution in [0, 0.1) is 0 Å². The average molecular weight is 362 g/mol. The van der Waals surface area contributed by atoms with Gasteiger partial charge < -0.3 is 0 Å². The van der Waals surface area contributed by atoms with Crippen molar-refractivity contribution < 1.29 is 8.42 Å². The molecule has 0 radical (unpaired) electrons. The second kappa shape index (κ2) is 5.90. The van der Waals surface area contributed by atoms with Gasteiger partial charge in [0.2, 0.25) is 0 Å². The molecule has 1 heterocycles. The van der Waals surface area contributed by atoms with Crippen LogP contribution in [0.3, 0.4) is 0 Å². The van der Waals surface area contributed by atoms with Gasteiger partial charge in [0.05, 0.1) is 5.69 Å². The van der Waals surface area contributed by atoms with Crippen molar-refractivity contribution in [3.8, 4) is 0 Å². The third kappa shape index (κ3) is 3.46. The van der Waals surface area contributed by atoms with Crippen molar-refractivity contribution in [1.82, 2.24) is 4.98 Å². The largest absolute Gasteiger partial charge is 0.279 e. The summed E-state index contributed by atoms with van der Waals surface area (Å²) in [6.07, 6.45) is 2.81. The predicted octanol–water partition coefficient (Wildman–Crippen LogP) is 3.38. The van der Waals surface area contributed by atoms with Crippen molar-refractivity contribution in [1.29, 1.82) is 0 Å². The minimum Gasteiger partial charge on any atom is -0.279 e. The minimum absolute atomic E-state index is 0.0891. The zero-order chi connectivity index (χ0) is 13.9. The van der Waals surface area contributed by atoms with E-state index in [-0.39, 0.29) is 10.8 Å². The molecule has 0 aliphatic rings. The Balaban J connectivity index is 2.37. The van der Waals surface area contributed by atoms with Gasteiger partial charge in [-0.2, -0.15) is 0 Å². The molecule has 100 valence electrons. The molecular formula is C12H10BrClN2O2S. The van der Waals surface area contributed by atoms with Crippen LogP contribution in [-0.4, -0.2) is 13.4 Å². The maximum Gasteiger partial charge on any atom is 0.263 e. The summed E-state index contributed by atoms with van der Waals surface area (Å²) >= 11 is 8.97. The van der Waals surface area contributed by atoms with Gasteiger partial charge in [-0.3, -0.25) is 9.71 Å². The molecule has 4 nitrogen and oxygen atoms in total. The van der Waals surface area contributed by atoms with Gasteiger partial charge in [-0.15, -0.1) is 11.6 Å². The van der Waals surface area contributed by atoms with Crippen LogP contribution in [0.25, 0.3) is 0 Å². The standard InChI is InChI=1S/C12H10BrClN2O2S/c13-10-5-11(8-15-7-10)19(17,18)16-12-4-2-1-3-9(12)6-14/h1-5,7-8,16H,6H2. The maximum absolute atomic E-state index is 12.2. The van der Waals surface area contributed by atoms with E-state index in [1.807, 2.05) is 0 Å². The lowest BCUT2D eigenvalue weighted by Crippen LogP contribution is -2.14. The van der Waals surface area contributed by atoms with Crippen LogP contribution in [0.1, 0.15) is 5.56 Å². The molecule has 1 N–H and O–H groups in total. The van der Waals surface area contributed by atoms with E-state index in [1.54, 1.807) is 24.3 Å². The topological polar surface area (TPSA) is 59.1 Å². The van der Waals surface area contributed by atoms with E-state index in [9.17, 15) is 8.42 Å². The number of sulfonamides is 1. The van der Waals surface area contributed by atoms with Gasteiger partial charge in [-0.25, -0.2) is 8.42 Å². The molecule has 2 aromatic rings. The summed E-state index contributed by atoms with van der Waals surface area (Å²) in [6, 6.07) is 8.46. The number of benzene rings is 1.